The number of halogens is 1. The van der Waals surface area contributed by atoms with Gasteiger partial charge in [-0.25, -0.2) is 0 Å². The Morgan fingerprint density at radius 1 is 1.30 bits per heavy atom. The number of aliphatic carboxylic acids is 1. The number of pyridine rings is 1. The standard InChI is InChI=1S/C23H27BrN2O4/c1-5-23(13-19(27)28)21(29)26(14-22(2,3)4)18-10-9-15(24)12-16(18)20(30-23)17-8-6-7-11-25-17/h6-12,20H,5,13-14H2,1-4H3,(H,27,28). The molecule has 2 heterocycles. The highest BCUT2D eigenvalue weighted by Gasteiger charge is 2.49. The molecule has 1 N–H and O–H groups in total. The molecule has 1 aliphatic heterocycles. The smallest absolute Gasteiger partial charge is 0.306 e. The van der Waals surface area contributed by atoms with Gasteiger partial charge in [0.2, 0.25) is 0 Å². The van der Waals surface area contributed by atoms with Crippen molar-refractivity contribution in [1.82, 2.24) is 4.98 Å². The summed E-state index contributed by atoms with van der Waals surface area (Å²) in [6.07, 6.45) is 0.812. The normalized spacial score (nSPS) is 21.8. The van der Waals surface area contributed by atoms with Crippen molar-refractivity contribution in [3.05, 3.63) is 58.3 Å². The number of carbonyl (C=O) groups is 2. The van der Waals surface area contributed by atoms with Crippen LogP contribution >= 0.6 is 15.9 Å². The van der Waals surface area contributed by atoms with Gasteiger partial charge in [0.1, 0.15) is 6.10 Å². The fourth-order valence-electron chi connectivity index (χ4n) is 3.78. The molecule has 2 atom stereocenters. The molecule has 1 aliphatic rings. The lowest BCUT2D eigenvalue weighted by Gasteiger charge is -2.36. The molecule has 0 aliphatic carbocycles. The van der Waals surface area contributed by atoms with Crippen molar-refractivity contribution in [1.29, 1.82) is 0 Å². The van der Waals surface area contributed by atoms with Gasteiger partial charge < -0.3 is 14.7 Å². The highest BCUT2D eigenvalue weighted by molar-refractivity contribution is 9.10. The number of aromatic nitrogens is 1. The summed E-state index contributed by atoms with van der Waals surface area (Å²) in [5.74, 6) is -1.41. The van der Waals surface area contributed by atoms with Crippen molar-refractivity contribution in [3.63, 3.8) is 0 Å². The molecule has 0 saturated heterocycles. The first-order valence-electron chi connectivity index (χ1n) is 9.98. The zero-order valence-electron chi connectivity index (χ0n) is 17.7. The maximum absolute atomic E-state index is 13.8. The van der Waals surface area contributed by atoms with E-state index in [0.29, 0.717) is 12.2 Å². The zero-order valence-corrected chi connectivity index (χ0v) is 19.3. The van der Waals surface area contributed by atoms with Gasteiger partial charge in [-0.05, 0) is 42.2 Å². The summed E-state index contributed by atoms with van der Waals surface area (Å²) in [6, 6.07) is 11.2. The van der Waals surface area contributed by atoms with Crippen LogP contribution in [0.5, 0.6) is 0 Å². The summed E-state index contributed by atoms with van der Waals surface area (Å²) in [5, 5.41) is 9.63. The van der Waals surface area contributed by atoms with Crippen molar-refractivity contribution in [2.24, 2.45) is 5.41 Å². The number of amides is 1. The Morgan fingerprint density at radius 2 is 2.03 bits per heavy atom. The molecule has 1 amide bonds. The van der Waals surface area contributed by atoms with Gasteiger partial charge in [0, 0.05) is 22.8 Å². The maximum Gasteiger partial charge on any atom is 0.306 e. The van der Waals surface area contributed by atoms with Crippen LogP contribution in [0, 0.1) is 5.41 Å². The summed E-state index contributed by atoms with van der Waals surface area (Å²) < 4.78 is 7.27. The highest BCUT2D eigenvalue weighted by atomic mass is 79.9. The molecule has 0 saturated carbocycles. The highest BCUT2D eigenvalue weighted by Crippen LogP contribution is 2.44. The fraction of sp³-hybridized carbons (Fsp3) is 0.435. The van der Waals surface area contributed by atoms with Crippen molar-refractivity contribution < 1.29 is 19.4 Å². The monoisotopic (exact) mass is 474 g/mol. The van der Waals surface area contributed by atoms with Gasteiger partial charge in [-0.1, -0.05) is 49.7 Å². The first-order chi connectivity index (χ1) is 14.1. The minimum absolute atomic E-state index is 0.201. The van der Waals surface area contributed by atoms with E-state index < -0.39 is 24.1 Å². The lowest BCUT2D eigenvalue weighted by molar-refractivity contribution is -0.162. The van der Waals surface area contributed by atoms with Gasteiger partial charge >= 0.3 is 5.97 Å². The molecule has 7 heteroatoms. The van der Waals surface area contributed by atoms with E-state index in [1.807, 2.05) is 57.2 Å². The predicted molar refractivity (Wildman–Crippen MR) is 118 cm³/mol. The SMILES string of the molecule is CCC1(CC(=O)O)OC(c2ccccn2)c2cc(Br)ccc2N(CC(C)(C)C)C1=O. The van der Waals surface area contributed by atoms with Crippen molar-refractivity contribution >= 4 is 33.5 Å². The number of hydrogen-bond acceptors (Lipinski definition) is 4. The lowest BCUT2D eigenvalue weighted by atomic mass is 9.91. The molecular formula is C23H27BrN2O4. The molecule has 3 rings (SSSR count). The number of fused-ring (bicyclic) bond motifs is 1. The number of carboxylic acid groups (broad SMARTS) is 1. The molecule has 30 heavy (non-hydrogen) atoms. The summed E-state index contributed by atoms with van der Waals surface area (Å²) >= 11 is 3.52. The molecule has 160 valence electrons. The van der Waals surface area contributed by atoms with Crippen LogP contribution in [0.25, 0.3) is 0 Å². The van der Waals surface area contributed by atoms with Gasteiger partial charge in [-0.2, -0.15) is 0 Å². The second kappa shape index (κ2) is 8.47. The Labute approximate surface area is 185 Å². The summed E-state index contributed by atoms with van der Waals surface area (Å²) in [4.78, 5) is 31.8. The van der Waals surface area contributed by atoms with Crippen LogP contribution < -0.4 is 4.90 Å². The van der Waals surface area contributed by atoms with Gasteiger partial charge in [-0.15, -0.1) is 0 Å². The second-order valence-electron chi connectivity index (χ2n) is 8.83. The minimum Gasteiger partial charge on any atom is -0.481 e. The van der Waals surface area contributed by atoms with Crippen LogP contribution in [0.4, 0.5) is 5.69 Å². The summed E-state index contributed by atoms with van der Waals surface area (Å²) in [7, 11) is 0. The first kappa shape index (κ1) is 22.4. The zero-order chi connectivity index (χ0) is 22.1. The molecule has 6 nitrogen and oxygen atoms in total. The van der Waals surface area contributed by atoms with E-state index in [9.17, 15) is 14.7 Å². The minimum atomic E-state index is -1.50. The van der Waals surface area contributed by atoms with E-state index in [1.165, 1.54) is 0 Å². The number of nitrogens with zero attached hydrogens (tertiary/aromatic N) is 2. The van der Waals surface area contributed by atoms with Gasteiger partial charge in [0.25, 0.3) is 5.91 Å². The number of carboxylic acids is 1. The van der Waals surface area contributed by atoms with Crippen LogP contribution in [0.3, 0.4) is 0 Å². The summed E-state index contributed by atoms with van der Waals surface area (Å²) in [6.45, 7) is 8.36. The third-order valence-electron chi connectivity index (χ3n) is 5.14. The van der Waals surface area contributed by atoms with Crippen LogP contribution in [-0.4, -0.2) is 34.1 Å². The molecule has 0 radical (unpaired) electrons. The van der Waals surface area contributed by atoms with E-state index in [-0.39, 0.29) is 17.7 Å². The van der Waals surface area contributed by atoms with E-state index in [1.54, 1.807) is 18.0 Å². The quantitative estimate of drug-likeness (QED) is 0.661. The van der Waals surface area contributed by atoms with Crippen LogP contribution in [0.15, 0.2) is 47.1 Å². The Kier molecular flexibility index (Phi) is 6.34. The van der Waals surface area contributed by atoms with Crippen molar-refractivity contribution in [3.8, 4) is 0 Å². The Hall–Kier alpha value is -2.25. The second-order valence-corrected chi connectivity index (χ2v) is 9.74. The Morgan fingerprint density at radius 3 is 2.60 bits per heavy atom. The van der Waals surface area contributed by atoms with E-state index >= 15 is 0 Å². The van der Waals surface area contributed by atoms with Crippen molar-refractivity contribution in [2.75, 3.05) is 11.4 Å². The fourth-order valence-corrected chi connectivity index (χ4v) is 4.16. The summed E-state index contributed by atoms with van der Waals surface area (Å²) in [5.41, 5.74) is 0.430. The predicted octanol–water partition coefficient (Wildman–Crippen LogP) is 4.97. The van der Waals surface area contributed by atoms with Crippen LogP contribution in [0.2, 0.25) is 0 Å². The number of benzene rings is 1. The maximum atomic E-state index is 13.8. The van der Waals surface area contributed by atoms with E-state index in [0.717, 1.165) is 15.7 Å². The third kappa shape index (κ3) is 4.57. The lowest BCUT2D eigenvalue weighted by Crippen LogP contribution is -2.52. The number of hydrogen-bond donors (Lipinski definition) is 1. The molecule has 1 aromatic carbocycles. The Bertz CT molecular complexity index is 942. The van der Waals surface area contributed by atoms with E-state index in [4.69, 9.17) is 4.74 Å². The molecule has 0 bridgehead atoms. The topological polar surface area (TPSA) is 79.7 Å². The van der Waals surface area contributed by atoms with Gasteiger partial charge in [-0.3, -0.25) is 14.6 Å². The molecule has 2 unspecified atom stereocenters. The molecule has 2 aromatic rings. The van der Waals surface area contributed by atoms with Crippen LogP contribution in [-0.2, 0) is 14.3 Å². The Balaban J connectivity index is 2.28. The van der Waals surface area contributed by atoms with Crippen LogP contribution in [0.1, 0.15) is 57.9 Å². The number of anilines is 1. The molecule has 0 fully saturated rings. The average Bonchev–Trinajstić information content (AvgIpc) is 2.76. The van der Waals surface area contributed by atoms with Crippen molar-refractivity contribution in [2.45, 2.75) is 52.2 Å². The molecule has 1 aromatic heterocycles. The molecule has 0 spiro atoms. The van der Waals surface area contributed by atoms with E-state index in [2.05, 4.69) is 20.9 Å². The largest absolute Gasteiger partial charge is 0.481 e. The first-order valence-corrected chi connectivity index (χ1v) is 10.8. The number of rotatable bonds is 5. The number of ether oxygens (including phenoxy) is 1. The average molecular weight is 475 g/mol. The number of carbonyl (C=O) groups excluding carboxylic acids is 1. The van der Waals surface area contributed by atoms with Gasteiger partial charge in [0.15, 0.2) is 5.60 Å². The molecular weight excluding hydrogens is 448 g/mol. The van der Waals surface area contributed by atoms with Gasteiger partial charge in [0.05, 0.1) is 17.8 Å². The third-order valence-corrected chi connectivity index (χ3v) is 5.63.